The van der Waals surface area contributed by atoms with Crippen molar-refractivity contribution in [3.63, 3.8) is 0 Å². The Kier molecular flexibility index (Phi) is 7.08. The Labute approximate surface area is 169 Å². The summed E-state index contributed by atoms with van der Waals surface area (Å²) >= 11 is 1.32. The Morgan fingerprint density at radius 2 is 1.93 bits per heavy atom. The number of thioether (sulfide) groups is 1. The van der Waals surface area contributed by atoms with Crippen molar-refractivity contribution in [2.45, 2.75) is 31.0 Å². The molecule has 7 heteroatoms. The molecule has 2 aromatic carbocycles. The second-order valence-electron chi connectivity index (χ2n) is 6.48. The number of hydrogen-bond acceptors (Lipinski definition) is 5. The third kappa shape index (κ3) is 5.85. The van der Waals surface area contributed by atoms with Gasteiger partial charge in [0.05, 0.1) is 12.9 Å². The molecule has 0 saturated heterocycles. The SMILES string of the molecule is COc1ccc(-c2nc(SCC(=O)N[C@@H](C)CCc3ccccc3)n[nH]2)cc1. The fraction of sp³-hybridized carbons (Fsp3) is 0.286. The first-order chi connectivity index (χ1) is 13.6. The molecule has 3 rings (SSSR count). The number of H-pyrrole nitrogens is 1. The van der Waals surface area contributed by atoms with E-state index in [9.17, 15) is 4.79 Å². The Morgan fingerprint density at radius 1 is 1.18 bits per heavy atom. The van der Waals surface area contributed by atoms with Crippen LogP contribution in [0.3, 0.4) is 0 Å². The summed E-state index contributed by atoms with van der Waals surface area (Å²) in [7, 11) is 1.63. The maximum absolute atomic E-state index is 12.2. The monoisotopic (exact) mass is 396 g/mol. The van der Waals surface area contributed by atoms with E-state index in [1.54, 1.807) is 7.11 Å². The van der Waals surface area contributed by atoms with Gasteiger partial charge in [-0.05, 0) is 49.6 Å². The minimum absolute atomic E-state index is 0.0126. The van der Waals surface area contributed by atoms with E-state index in [-0.39, 0.29) is 17.7 Å². The zero-order chi connectivity index (χ0) is 19.8. The molecule has 1 atom stereocenters. The van der Waals surface area contributed by atoms with E-state index in [1.165, 1.54) is 17.3 Å². The van der Waals surface area contributed by atoms with Crippen molar-refractivity contribution in [1.29, 1.82) is 0 Å². The van der Waals surface area contributed by atoms with Crippen LogP contribution < -0.4 is 10.1 Å². The van der Waals surface area contributed by atoms with E-state index < -0.39 is 0 Å². The average Bonchev–Trinajstić information content (AvgIpc) is 3.21. The second-order valence-corrected chi connectivity index (χ2v) is 7.42. The fourth-order valence-corrected chi connectivity index (χ4v) is 3.35. The van der Waals surface area contributed by atoms with Crippen molar-refractivity contribution in [3.8, 4) is 17.1 Å². The second kappa shape index (κ2) is 9.94. The number of nitrogens with zero attached hydrogens (tertiary/aromatic N) is 2. The predicted octanol–water partition coefficient (Wildman–Crippen LogP) is 3.71. The van der Waals surface area contributed by atoms with Crippen LogP contribution in [0.5, 0.6) is 5.75 Å². The zero-order valence-electron chi connectivity index (χ0n) is 16.0. The number of aromatic nitrogens is 3. The summed E-state index contributed by atoms with van der Waals surface area (Å²) in [6.07, 6.45) is 1.85. The van der Waals surface area contributed by atoms with Crippen LogP contribution in [-0.4, -0.2) is 40.0 Å². The van der Waals surface area contributed by atoms with Gasteiger partial charge in [-0.3, -0.25) is 9.89 Å². The Morgan fingerprint density at radius 3 is 2.64 bits per heavy atom. The van der Waals surface area contributed by atoms with Gasteiger partial charge in [-0.1, -0.05) is 42.1 Å². The molecule has 1 amide bonds. The smallest absolute Gasteiger partial charge is 0.230 e. The molecule has 0 bridgehead atoms. The summed E-state index contributed by atoms with van der Waals surface area (Å²) in [6.45, 7) is 2.03. The molecular formula is C21H24N4O2S. The standard InChI is InChI=1S/C21H24N4O2S/c1-15(8-9-16-6-4-3-5-7-16)22-19(26)14-28-21-23-20(24-25-21)17-10-12-18(27-2)13-11-17/h3-7,10-13,15H,8-9,14H2,1-2H3,(H,22,26)(H,23,24,25)/t15-/m0/s1. The summed E-state index contributed by atoms with van der Waals surface area (Å²) in [4.78, 5) is 16.6. The molecule has 0 radical (unpaired) electrons. The zero-order valence-corrected chi connectivity index (χ0v) is 16.8. The number of amides is 1. The normalized spacial score (nSPS) is 11.8. The van der Waals surface area contributed by atoms with Gasteiger partial charge in [0.25, 0.3) is 0 Å². The lowest BCUT2D eigenvalue weighted by atomic mass is 10.1. The van der Waals surface area contributed by atoms with Crippen molar-refractivity contribution in [2.75, 3.05) is 12.9 Å². The molecule has 0 saturated carbocycles. The summed E-state index contributed by atoms with van der Waals surface area (Å²) in [6, 6.07) is 18.0. The van der Waals surface area contributed by atoms with Gasteiger partial charge in [0.1, 0.15) is 5.75 Å². The predicted molar refractivity (Wildman–Crippen MR) is 111 cm³/mol. The number of nitrogens with one attached hydrogen (secondary N) is 2. The minimum atomic E-state index is -0.0126. The van der Waals surface area contributed by atoms with Crippen molar-refractivity contribution in [2.24, 2.45) is 0 Å². The Bertz CT molecular complexity index is 881. The minimum Gasteiger partial charge on any atom is -0.497 e. The number of methoxy groups -OCH3 is 1. The van der Waals surface area contributed by atoms with Gasteiger partial charge in [-0.2, -0.15) is 0 Å². The molecule has 6 nitrogen and oxygen atoms in total. The van der Waals surface area contributed by atoms with Crippen molar-refractivity contribution >= 4 is 17.7 Å². The average molecular weight is 397 g/mol. The summed E-state index contributed by atoms with van der Waals surface area (Å²) in [5, 5.41) is 10.7. The van der Waals surface area contributed by atoms with E-state index in [0.29, 0.717) is 11.0 Å². The van der Waals surface area contributed by atoms with Gasteiger partial charge < -0.3 is 10.1 Å². The Hall–Kier alpha value is -2.80. The van der Waals surface area contributed by atoms with Crippen molar-refractivity contribution in [3.05, 3.63) is 60.2 Å². The molecule has 2 N–H and O–H groups in total. The van der Waals surface area contributed by atoms with E-state index in [2.05, 4.69) is 32.6 Å². The molecule has 0 fully saturated rings. The first-order valence-corrected chi connectivity index (χ1v) is 10.2. The van der Waals surface area contributed by atoms with Gasteiger partial charge in [0.2, 0.25) is 11.1 Å². The highest BCUT2D eigenvalue weighted by Crippen LogP contribution is 2.21. The molecule has 1 heterocycles. The van der Waals surface area contributed by atoms with E-state index in [1.807, 2.05) is 49.4 Å². The lowest BCUT2D eigenvalue weighted by Crippen LogP contribution is -2.34. The third-order valence-electron chi connectivity index (χ3n) is 4.28. The van der Waals surface area contributed by atoms with E-state index in [0.717, 1.165) is 24.2 Å². The van der Waals surface area contributed by atoms with Gasteiger partial charge >= 0.3 is 0 Å². The number of hydrogen-bond donors (Lipinski definition) is 2. The quantitative estimate of drug-likeness (QED) is 0.539. The topological polar surface area (TPSA) is 79.9 Å². The molecule has 146 valence electrons. The van der Waals surface area contributed by atoms with Crippen LogP contribution in [0.2, 0.25) is 0 Å². The largest absolute Gasteiger partial charge is 0.497 e. The summed E-state index contributed by atoms with van der Waals surface area (Å²) < 4.78 is 5.15. The lowest BCUT2D eigenvalue weighted by molar-refractivity contribution is -0.119. The molecule has 0 spiro atoms. The van der Waals surface area contributed by atoms with Gasteiger partial charge in [-0.15, -0.1) is 5.10 Å². The number of aromatic amines is 1. The molecule has 28 heavy (non-hydrogen) atoms. The molecule has 0 aliphatic carbocycles. The van der Waals surface area contributed by atoms with Crippen LogP contribution >= 0.6 is 11.8 Å². The molecular weight excluding hydrogens is 372 g/mol. The number of benzene rings is 2. The molecule has 3 aromatic rings. The fourth-order valence-electron chi connectivity index (χ4n) is 2.74. The van der Waals surface area contributed by atoms with Crippen LogP contribution in [0.4, 0.5) is 0 Å². The first-order valence-electron chi connectivity index (χ1n) is 9.17. The molecule has 0 aliphatic heterocycles. The van der Waals surface area contributed by atoms with Crippen LogP contribution in [0.1, 0.15) is 18.9 Å². The highest BCUT2D eigenvalue weighted by Gasteiger charge is 2.11. The highest BCUT2D eigenvalue weighted by molar-refractivity contribution is 7.99. The number of ether oxygens (including phenoxy) is 1. The lowest BCUT2D eigenvalue weighted by Gasteiger charge is -2.13. The van der Waals surface area contributed by atoms with Crippen molar-refractivity contribution < 1.29 is 9.53 Å². The molecule has 0 aliphatic rings. The number of carbonyl (C=O) groups is 1. The van der Waals surface area contributed by atoms with E-state index >= 15 is 0 Å². The first kappa shape index (κ1) is 19.9. The Balaban J connectivity index is 1.43. The number of rotatable bonds is 9. The van der Waals surface area contributed by atoms with Crippen LogP contribution in [0.25, 0.3) is 11.4 Å². The summed E-state index contributed by atoms with van der Waals surface area (Å²) in [5.41, 5.74) is 2.20. The van der Waals surface area contributed by atoms with Crippen molar-refractivity contribution in [1.82, 2.24) is 20.5 Å². The van der Waals surface area contributed by atoms with E-state index in [4.69, 9.17) is 4.74 Å². The number of carbonyl (C=O) groups excluding carboxylic acids is 1. The van der Waals surface area contributed by atoms with Gasteiger partial charge in [0.15, 0.2) is 5.82 Å². The van der Waals surface area contributed by atoms with Crippen LogP contribution in [0.15, 0.2) is 59.8 Å². The maximum Gasteiger partial charge on any atom is 0.230 e. The molecule has 1 aromatic heterocycles. The maximum atomic E-state index is 12.2. The third-order valence-corrected chi connectivity index (χ3v) is 5.12. The van der Waals surface area contributed by atoms with Crippen LogP contribution in [-0.2, 0) is 11.2 Å². The van der Waals surface area contributed by atoms with Gasteiger partial charge in [-0.25, -0.2) is 4.98 Å². The van der Waals surface area contributed by atoms with Gasteiger partial charge in [0, 0.05) is 11.6 Å². The molecule has 0 unspecified atom stereocenters. The number of aryl methyl sites for hydroxylation is 1. The van der Waals surface area contributed by atoms with Crippen LogP contribution in [0, 0.1) is 0 Å². The highest BCUT2D eigenvalue weighted by atomic mass is 32.2. The summed E-state index contributed by atoms with van der Waals surface area (Å²) in [5.74, 6) is 1.73.